The molecule has 0 radical (unpaired) electrons. The average Bonchev–Trinajstić information content (AvgIpc) is 2.58. The SMILES string of the molecule is C[C@H]1CN(C(=O)COC(=O)c2cc(=O)[nH]c3ccccc23)CCO1. The third-order valence-electron chi connectivity index (χ3n) is 3.89. The van der Waals surface area contributed by atoms with Gasteiger partial charge in [0.15, 0.2) is 6.61 Å². The van der Waals surface area contributed by atoms with E-state index in [9.17, 15) is 14.4 Å². The van der Waals surface area contributed by atoms with Gasteiger partial charge in [0.05, 0.1) is 18.3 Å². The number of pyridine rings is 1. The molecule has 2 heterocycles. The van der Waals surface area contributed by atoms with Crippen molar-refractivity contribution in [2.24, 2.45) is 0 Å². The Kier molecular flexibility index (Phi) is 4.61. The number of carbonyl (C=O) groups excluding carboxylic acids is 2. The predicted octanol–water partition coefficient (Wildman–Crippen LogP) is 0.932. The van der Waals surface area contributed by atoms with E-state index >= 15 is 0 Å². The number of rotatable bonds is 3. The molecule has 1 amide bonds. The number of hydrogen-bond acceptors (Lipinski definition) is 5. The Balaban J connectivity index is 1.71. The quantitative estimate of drug-likeness (QED) is 0.846. The van der Waals surface area contributed by atoms with E-state index in [-0.39, 0.29) is 24.2 Å². The zero-order chi connectivity index (χ0) is 17.1. The minimum Gasteiger partial charge on any atom is -0.452 e. The van der Waals surface area contributed by atoms with Crippen LogP contribution in [0.4, 0.5) is 0 Å². The van der Waals surface area contributed by atoms with Gasteiger partial charge in [-0.3, -0.25) is 9.59 Å². The van der Waals surface area contributed by atoms with Crippen molar-refractivity contribution in [3.8, 4) is 0 Å². The second-order valence-corrected chi connectivity index (χ2v) is 5.69. The number of hydrogen-bond donors (Lipinski definition) is 1. The molecule has 7 nitrogen and oxygen atoms in total. The highest BCUT2D eigenvalue weighted by Gasteiger charge is 2.23. The lowest BCUT2D eigenvalue weighted by molar-refractivity contribution is -0.141. The number of benzene rings is 1. The summed E-state index contributed by atoms with van der Waals surface area (Å²) in [7, 11) is 0. The zero-order valence-electron chi connectivity index (χ0n) is 13.3. The van der Waals surface area contributed by atoms with Gasteiger partial charge in [-0.1, -0.05) is 18.2 Å². The third-order valence-corrected chi connectivity index (χ3v) is 3.89. The maximum absolute atomic E-state index is 12.3. The molecule has 1 aromatic heterocycles. The highest BCUT2D eigenvalue weighted by molar-refractivity contribution is 6.03. The summed E-state index contributed by atoms with van der Waals surface area (Å²) in [6, 6.07) is 8.13. The van der Waals surface area contributed by atoms with Crippen molar-refractivity contribution < 1.29 is 19.1 Å². The van der Waals surface area contributed by atoms with Crippen molar-refractivity contribution in [1.29, 1.82) is 0 Å². The topological polar surface area (TPSA) is 88.7 Å². The van der Waals surface area contributed by atoms with Crippen molar-refractivity contribution in [2.75, 3.05) is 26.3 Å². The minimum absolute atomic E-state index is 0.0324. The number of aromatic nitrogens is 1. The lowest BCUT2D eigenvalue weighted by atomic mass is 10.1. The molecule has 1 saturated heterocycles. The first-order valence-corrected chi connectivity index (χ1v) is 7.73. The van der Waals surface area contributed by atoms with E-state index in [2.05, 4.69) is 4.98 Å². The highest BCUT2D eigenvalue weighted by atomic mass is 16.5. The number of nitrogens with zero attached hydrogens (tertiary/aromatic N) is 1. The van der Waals surface area contributed by atoms with E-state index in [0.29, 0.717) is 30.6 Å². The fourth-order valence-electron chi connectivity index (χ4n) is 2.71. The maximum atomic E-state index is 12.3. The van der Waals surface area contributed by atoms with Crippen molar-refractivity contribution >= 4 is 22.8 Å². The van der Waals surface area contributed by atoms with Crippen LogP contribution in [-0.2, 0) is 14.3 Å². The predicted molar refractivity (Wildman–Crippen MR) is 86.8 cm³/mol. The van der Waals surface area contributed by atoms with E-state index in [4.69, 9.17) is 9.47 Å². The number of carbonyl (C=O) groups is 2. The summed E-state index contributed by atoms with van der Waals surface area (Å²) in [5.41, 5.74) is 0.303. The Hall–Kier alpha value is -2.67. The molecule has 24 heavy (non-hydrogen) atoms. The Morgan fingerprint density at radius 3 is 2.96 bits per heavy atom. The van der Waals surface area contributed by atoms with Crippen LogP contribution in [0.15, 0.2) is 35.1 Å². The van der Waals surface area contributed by atoms with Crippen LogP contribution in [0.3, 0.4) is 0 Å². The normalized spacial score (nSPS) is 17.7. The van der Waals surface area contributed by atoms with Gasteiger partial charge in [-0.2, -0.15) is 0 Å². The molecule has 1 aliphatic heterocycles. The first kappa shape index (κ1) is 16.2. The molecule has 1 aliphatic rings. The Bertz CT molecular complexity index is 829. The molecule has 3 rings (SSSR count). The second kappa shape index (κ2) is 6.84. The standard InChI is InChI=1S/C17H18N2O5/c1-11-9-19(6-7-23-11)16(21)10-24-17(22)13-8-15(20)18-14-5-3-2-4-12(13)14/h2-5,8,11H,6-7,9-10H2,1H3,(H,18,20)/t11-/m0/s1. The van der Waals surface area contributed by atoms with Crippen LogP contribution in [0.2, 0.25) is 0 Å². The van der Waals surface area contributed by atoms with Crippen LogP contribution < -0.4 is 5.56 Å². The molecular weight excluding hydrogens is 312 g/mol. The maximum Gasteiger partial charge on any atom is 0.339 e. The number of amides is 1. The summed E-state index contributed by atoms with van der Waals surface area (Å²) in [6.07, 6.45) is -0.0324. The van der Waals surface area contributed by atoms with Gasteiger partial charge >= 0.3 is 5.97 Å². The van der Waals surface area contributed by atoms with E-state index in [1.54, 1.807) is 29.2 Å². The number of fused-ring (bicyclic) bond motifs is 1. The fourth-order valence-corrected chi connectivity index (χ4v) is 2.71. The number of ether oxygens (including phenoxy) is 2. The Labute approximate surface area is 138 Å². The van der Waals surface area contributed by atoms with Gasteiger partial charge < -0.3 is 19.4 Å². The molecule has 0 bridgehead atoms. The molecule has 0 saturated carbocycles. The minimum atomic E-state index is -0.688. The largest absolute Gasteiger partial charge is 0.452 e. The molecule has 0 spiro atoms. The van der Waals surface area contributed by atoms with E-state index in [1.807, 2.05) is 6.92 Å². The monoisotopic (exact) mass is 330 g/mol. The molecule has 1 fully saturated rings. The molecule has 7 heteroatoms. The van der Waals surface area contributed by atoms with Crippen LogP contribution in [0, 0.1) is 0 Å². The number of aromatic amines is 1. The van der Waals surface area contributed by atoms with Crippen LogP contribution in [-0.4, -0.2) is 54.2 Å². The summed E-state index contributed by atoms with van der Waals surface area (Å²) in [6.45, 7) is 2.96. The van der Waals surface area contributed by atoms with Gasteiger partial charge in [0, 0.05) is 30.1 Å². The van der Waals surface area contributed by atoms with Gasteiger partial charge in [0.2, 0.25) is 5.56 Å². The van der Waals surface area contributed by atoms with Crippen LogP contribution in [0.5, 0.6) is 0 Å². The van der Waals surface area contributed by atoms with Gasteiger partial charge in [-0.15, -0.1) is 0 Å². The van der Waals surface area contributed by atoms with Gasteiger partial charge in [-0.05, 0) is 13.0 Å². The summed E-state index contributed by atoms with van der Waals surface area (Å²) >= 11 is 0. The van der Waals surface area contributed by atoms with Crippen molar-refractivity contribution in [3.63, 3.8) is 0 Å². The molecular formula is C17H18N2O5. The molecule has 2 aromatic rings. The summed E-state index contributed by atoms with van der Waals surface area (Å²) in [5.74, 6) is -0.959. The summed E-state index contributed by atoms with van der Waals surface area (Å²) < 4.78 is 10.5. The van der Waals surface area contributed by atoms with Gasteiger partial charge in [0.1, 0.15) is 0 Å². The van der Waals surface area contributed by atoms with Crippen LogP contribution in [0.1, 0.15) is 17.3 Å². The van der Waals surface area contributed by atoms with Crippen LogP contribution in [0.25, 0.3) is 10.9 Å². The molecule has 1 aromatic carbocycles. The fraction of sp³-hybridized carbons (Fsp3) is 0.353. The van der Waals surface area contributed by atoms with Crippen LogP contribution >= 0.6 is 0 Å². The number of para-hydroxylation sites is 1. The highest BCUT2D eigenvalue weighted by Crippen LogP contribution is 2.15. The molecule has 126 valence electrons. The molecule has 0 aliphatic carbocycles. The summed E-state index contributed by atoms with van der Waals surface area (Å²) in [5, 5.41) is 0.578. The van der Waals surface area contributed by atoms with E-state index in [0.717, 1.165) is 0 Å². The zero-order valence-corrected chi connectivity index (χ0v) is 13.3. The van der Waals surface area contributed by atoms with Crippen molar-refractivity contribution in [2.45, 2.75) is 13.0 Å². The van der Waals surface area contributed by atoms with Gasteiger partial charge in [-0.25, -0.2) is 4.79 Å². The van der Waals surface area contributed by atoms with Crippen molar-refractivity contribution in [3.05, 3.63) is 46.2 Å². The third kappa shape index (κ3) is 3.46. The number of H-pyrrole nitrogens is 1. The van der Waals surface area contributed by atoms with E-state index < -0.39 is 11.5 Å². The van der Waals surface area contributed by atoms with Crippen molar-refractivity contribution in [1.82, 2.24) is 9.88 Å². The second-order valence-electron chi connectivity index (χ2n) is 5.69. The van der Waals surface area contributed by atoms with E-state index in [1.165, 1.54) is 6.07 Å². The smallest absolute Gasteiger partial charge is 0.339 e. The molecule has 1 atom stereocenters. The number of nitrogens with one attached hydrogen (secondary N) is 1. The number of morpholine rings is 1. The summed E-state index contributed by atoms with van der Waals surface area (Å²) in [4.78, 5) is 40.4. The number of esters is 1. The Morgan fingerprint density at radius 1 is 1.38 bits per heavy atom. The first-order chi connectivity index (χ1) is 11.5. The van der Waals surface area contributed by atoms with Gasteiger partial charge in [0.25, 0.3) is 5.91 Å². The lowest BCUT2D eigenvalue weighted by Gasteiger charge is -2.30. The first-order valence-electron chi connectivity index (χ1n) is 7.73. The molecule has 1 N–H and O–H groups in total. The Morgan fingerprint density at radius 2 is 2.17 bits per heavy atom. The lowest BCUT2D eigenvalue weighted by Crippen LogP contribution is -2.46. The molecule has 0 unspecified atom stereocenters. The average molecular weight is 330 g/mol.